The van der Waals surface area contributed by atoms with Crippen LogP contribution in [0.1, 0.15) is 25.7 Å². The molecule has 1 saturated carbocycles. The number of carboxylic acid groups (broad SMARTS) is 1. The van der Waals surface area contributed by atoms with Crippen molar-refractivity contribution in [3.05, 3.63) is 0 Å². The lowest BCUT2D eigenvalue weighted by molar-refractivity contribution is -0.136. The summed E-state index contributed by atoms with van der Waals surface area (Å²) in [6, 6.07) is 0. The van der Waals surface area contributed by atoms with E-state index in [1.807, 2.05) is 0 Å². The molecule has 0 spiro atoms. The minimum atomic E-state index is -0.782. The van der Waals surface area contributed by atoms with Crippen molar-refractivity contribution in [2.24, 2.45) is 5.92 Å². The van der Waals surface area contributed by atoms with Gasteiger partial charge in [0.2, 0.25) is 0 Å². The van der Waals surface area contributed by atoms with Gasteiger partial charge in [0, 0.05) is 0 Å². The molecule has 0 saturated heterocycles. The molecular weight excluding hydrogens is 148 g/mol. The van der Waals surface area contributed by atoms with E-state index in [4.69, 9.17) is 5.11 Å². The Labute approximate surface area is 66.0 Å². The summed E-state index contributed by atoms with van der Waals surface area (Å²) < 4.78 is 0. The van der Waals surface area contributed by atoms with Gasteiger partial charge in [0.05, 0.1) is 5.25 Å². The van der Waals surface area contributed by atoms with Crippen LogP contribution in [0.2, 0.25) is 0 Å². The average molecular weight is 160 g/mol. The number of rotatable bonds is 3. The molecule has 0 bridgehead atoms. The molecule has 0 heterocycles. The van der Waals surface area contributed by atoms with E-state index in [1.54, 1.807) is 0 Å². The molecule has 58 valence electrons. The molecule has 0 radical (unpaired) electrons. The van der Waals surface area contributed by atoms with Gasteiger partial charge in [-0.1, -0.05) is 19.3 Å². The van der Waals surface area contributed by atoms with Crippen molar-refractivity contribution in [3.8, 4) is 0 Å². The number of aliphatic carboxylic acids is 1. The van der Waals surface area contributed by atoms with Crippen LogP contribution in [0.25, 0.3) is 0 Å². The van der Waals surface area contributed by atoms with Crippen LogP contribution in [0.4, 0.5) is 0 Å². The van der Waals surface area contributed by atoms with Crippen molar-refractivity contribution >= 4 is 18.6 Å². The summed E-state index contributed by atoms with van der Waals surface area (Å²) in [5.41, 5.74) is 0. The molecule has 1 unspecified atom stereocenters. The second kappa shape index (κ2) is 3.28. The molecular formula is C7H12O2S. The van der Waals surface area contributed by atoms with Gasteiger partial charge in [-0.25, -0.2) is 0 Å². The smallest absolute Gasteiger partial charge is 0.316 e. The Bertz CT molecular complexity index is 132. The highest BCUT2D eigenvalue weighted by Crippen LogP contribution is 2.31. The summed E-state index contributed by atoms with van der Waals surface area (Å²) in [5.74, 6) is -0.145. The highest BCUT2D eigenvalue weighted by molar-refractivity contribution is 7.81. The van der Waals surface area contributed by atoms with E-state index in [9.17, 15) is 4.79 Å². The largest absolute Gasteiger partial charge is 0.480 e. The van der Waals surface area contributed by atoms with Gasteiger partial charge < -0.3 is 5.11 Å². The lowest BCUT2D eigenvalue weighted by atomic mass is 9.82. The van der Waals surface area contributed by atoms with E-state index in [-0.39, 0.29) is 0 Å². The monoisotopic (exact) mass is 160 g/mol. The van der Waals surface area contributed by atoms with Crippen LogP contribution in [-0.2, 0) is 4.79 Å². The Morgan fingerprint density at radius 3 is 2.60 bits per heavy atom. The Kier molecular flexibility index (Phi) is 2.60. The Morgan fingerprint density at radius 1 is 1.70 bits per heavy atom. The van der Waals surface area contributed by atoms with Gasteiger partial charge in [0.25, 0.3) is 0 Å². The molecule has 0 aliphatic heterocycles. The molecule has 10 heavy (non-hydrogen) atoms. The SMILES string of the molecule is O=C(O)C(S)CC1CCC1. The quantitative estimate of drug-likeness (QED) is 0.615. The third-order valence-corrected chi connectivity index (χ3v) is 2.50. The van der Waals surface area contributed by atoms with E-state index in [2.05, 4.69) is 12.6 Å². The first-order valence-electron chi connectivity index (χ1n) is 3.61. The minimum Gasteiger partial charge on any atom is -0.480 e. The summed E-state index contributed by atoms with van der Waals surface area (Å²) in [6.07, 6.45) is 4.41. The summed E-state index contributed by atoms with van der Waals surface area (Å²) >= 11 is 3.95. The van der Waals surface area contributed by atoms with Gasteiger partial charge in [0.1, 0.15) is 0 Å². The first-order valence-corrected chi connectivity index (χ1v) is 4.12. The highest BCUT2D eigenvalue weighted by Gasteiger charge is 2.23. The van der Waals surface area contributed by atoms with Crippen molar-refractivity contribution in [2.45, 2.75) is 30.9 Å². The lowest BCUT2D eigenvalue weighted by Crippen LogP contribution is -2.21. The maximum absolute atomic E-state index is 10.3. The molecule has 1 atom stereocenters. The standard InChI is InChI=1S/C7H12O2S/c8-7(9)6(10)4-5-2-1-3-5/h5-6,10H,1-4H2,(H,8,9). The van der Waals surface area contributed by atoms with Gasteiger partial charge in [0.15, 0.2) is 0 Å². The maximum atomic E-state index is 10.3. The summed E-state index contributed by atoms with van der Waals surface area (Å²) in [7, 11) is 0. The molecule has 1 aliphatic carbocycles. The number of carboxylic acids is 1. The number of hydrogen-bond acceptors (Lipinski definition) is 2. The molecule has 1 fully saturated rings. The second-order valence-electron chi connectivity index (χ2n) is 2.89. The molecule has 1 N–H and O–H groups in total. The molecule has 1 rings (SSSR count). The topological polar surface area (TPSA) is 37.3 Å². The maximum Gasteiger partial charge on any atom is 0.316 e. The molecule has 0 aromatic heterocycles. The van der Waals surface area contributed by atoms with Crippen molar-refractivity contribution in [1.29, 1.82) is 0 Å². The highest BCUT2D eigenvalue weighted by atomic mass is 32.1. The van der Waals surface area contributed by atoms with Crippen LogP contribution in [0.5, 0.6) is 0 Å². The van der Waals surface area contributed by atoms with Gasteiger partial charge in [-0.2, -0.15) is 12.6 Å². The van der Waals surface area contributed by atoms with Crippen molar-refractivity contribution < 1.29 is 9.90 Å². The zero-order chi connectivity index (χ0) is 7.56. The van der Waals surface area contributed by atoms with E-state index in [1.165, 1.54) is 19.3 Å². The fourth-order valence-corrected chi connectivity index (χ4v) is 1.44. The third-order valence-electron chi connectivity index (χ3n) is 2.07. The van der Waals surface area contributed by atoms with Crippen molar-refractivity contribution in [1.82, 2.24) is 0 Å². The summed E-state index contributed by atoms with van der Waals surface area (Å²) in [6.45, 7) is 0. The van der Waals surface area contributed by atoms with Crippen LogP contribution in [0.15, 0.2) is 0 Å². The summed E-state index contributed by atoms with van der Waals surface area (Å²) in [4.78, 5) is 10.3. The first kappa shape index (κ1) is 7.92. The molecule has 0 aromatic carbocycles. The van der Waals surface area contributed by atoms with Crippen molar-refractivity contribution in [2.75, 3.05) is 0 Å². The third kappa shape index (κ3) is 1.90. The summed E-state index contributed by atoms with van der Waals surface area (Å²) in [5, 5.41) is 8.03. The van der Waals surface area contributed by atoms with Crippen LogP contribution in [-0.4, -0.2) is 16.3 Å². The zero-order valence-corrected chi connectivity index (χ0v) is 6.68. The Hall–Kier alpha value is -0.180. The first-order chi connectivity index (χ1) is 4.70. The van der Waals surface area contributed by atoms with E-state index < -0.39 is 11.2 Å². The number of hydrogen-bond donors (Lipinski definition) is 2. The molecule has 3 heteroatoms. The minimum absolute atomic E-state index is 0.440. The normalized spacial score (nSPS) is 21.7. The molecule has 2 nitrogen and oxygen atoms in total. The average Bonchev–Trinajstić information content (AvgIpc) is 1.77. The van der Waals surface area contributed by atoms with Crippen LogP contribution < -0.4 is 0 Å². The van der Waals surface area contributed by atoms with Crippen LogP contribution >= 0.6 is 12.6 Å². The molecule has 0 amide bonds. The fourth-order valence-electron chi connectivity index (χ4n) is 1.15. The Balaban J connectivity index is 2.16. The van der Waals surface area contributed by atoms with Crippen LogP contribution in [0, 0.1) is 5.92 Å². The predicted octanol–water partition coefficient (Wildman–Crippen LogP) is 1.56. The number of thiol groups is 1. The lowest BCUT2D eigenvalue weighted by Gasteiger charge is -2.26. The van der Waals surface area contributed by atoms with E-state index >= 15 is 0 Å². The van der Waals surface area contributed by atoms with E-state index in [0.29, 0.717) is 5.92 Å². The van der Waals surface area contributed by atoms with E-state index in [0.717, 1.165) is 6.42 Å². The zero-order valence-electron chi connectivity index (χ0n) is 5.79. The number of carbonyl (C=O) groups is 1. The van der Waals surface area contributed by atoms with Gasteiger partial charge >= 0.3 is 5.97 Å². The van der Waals surface area contributed by atoms with Crippen molar-refractivity contribution in [3.63, 3.8) is 0 Å². The second-order valence-corrected chi connectivity index (χ2v) is 3.51. The predicted molar refractivity (Wildman–Crippen MR) is 42.4 cm³/mol. The van der Waals surface area contributed by atoms with Gasteiger partial charge in [-0.15, -0.1) is 0 Å². The molecule has 0 aromatic rings. The fraction of sp³-hybridized carbons (Fsp3) is 0.857. The Morgan fingerprint density at radius 2 is 2.30 bits per heavy atom. The van der Waals surface area contributed by atoms with Crippen LogP contribution in [0.3, 0.4) is 0 Å². The molecule has 1 aliphatic rings. The van der Waals surface area contributed by atoms with Gasteiger partial charge in [-0.3, -0.25) is 4.79 Å². The van der Waals surface area contributed by atoms with Gasteiger partial charge in [-0.05, 0) is 12.3 Å².